The molecule has 20 heavy (non-hydrogen) atoms. The summed E-state index contributed by atoms with van der Waals surface area (Å²) in [5.41, 5.74) is 0. The minimum absolute atomic E-state index is 0.0724. The summed E-state index contributed by atoms with van der Waals surface area (Å²) in [6.45, 7) is 8.18. The van der Waals surface area contributed by atoms with Gasteiger partial charge in [-0.1, -0.05) is 26.5 Å². The highest BCUT2D eigenvalue weighted by Gasteiger charge is 2.38. The van der Waals surface area contributed by atoms with E-state index in [0.717, 1.165) is 0 Å². The van der Waals surface area contributed by atoms with Crippen LogP contribution < -0.4 is 0 Å². The van der Waals surface area contributed by atoms with Gasteiger partial charge in [-0.25, -0.2) is 9.59 Å². The van der Waals surface area contributed by atoms with Crippen molar-refractivity contribution < 1.29 is 24.2 Å². The van der Waals surface area contributed by atoms with E-state index in [9.17, 15) is 14.7 Å². The molecular weight excluding hydrogens is 262 g/mol. The molecule has 1 aliphatic rings. The normalized spacial score (nSPS) is 17.6. The number of carboxylic acid groups (broad SMARTS) is 1. The molecule has 1 aliphatic heterocycles. The number of carbonyl (C=O) groups is 2. The van der Waals surface area contributed by atoms with Crippen molar-refractivity contribution in [1.82, 2.24) is 4.90 Å². The van der Waals surface area contributed by atoms with E-state index < -0.39 is 18.1 Å². The predicted molar refractivity (Wildman–Crippen MR) is 73.5 cm³/mol. The van der Waals surface area contributed by atoms with E-state index in [-0.39, 0.29) is 18.6 Å². The molecule has 1 N–H and O–H groups in total. The van der Waals surface area contributed by atoms with Gasteiger partial charge in [-0.3, -0.25) is 4.90 Å². The average Bonchev–Trinajstić information content (AvgIpc) is 2.42. The molecule has 6 nitrogen and oxygen atoms in total. The Morgan fingerprint density at radius 2 is 2.05 bits per heavy atom. The number of nitrogens with zero attached hydrogens (tertiary/aromatic N) is 1. The zero-order chi connectivity index (χ0) is 15.1. The van der Waals surface area contributed by atoms with Crippen molar-refractivity contribution in [1.29, 1.82) is 0 Å². The van der Waals surface area contributed by atoms with Gasteiger partial charge in [-0.2, -0.15) is 0 Å². The quantitative estimate of drug-likeness (QED) is 0.754. The molecule has 1 saturated heterocycles. The van der Waals surface area contributed by atoms with E-state index in [4.69, 9.17) is 9.47 Å². The summed E-state index contributed by atoms with van der Waals surface area (Å²) in [6, 6.07) is -1.06. The summed E-state index contributed by atoms with van der Waals surface area (Å²) in [7, 11) is 0. The minimum atomic E-state index is -1.01. The first-order chi connectivity index (χ1) is 9.49. The van der Waals surface area contributed by atoms with E-state index in [2.05, 4.69) is 6.58 Å². The Kier molecular flexibility index (Phi) is 6.51. The molecule has 1 heterocycles. The number of hydrogen-bond acceptors (Lipinski definition) is 4. The van der Waals surface area contributed by atoms with Gasteiger partial charge in [0.25, 0.3) is 0 Å². The van der Waals surface area contributed by atoms with Gasteiger partial charge in [-0.15, -0.1) is 0 Å². The number of hydrogen-bond donors (Lipinski definition) is 1. The van der Waals surface area contributed by atoms with Gasteiger partial charge in [0.2, 0.25) is 0 Å². The van der Waals surface area contributed by atoms with Crippen LogP contribution in [0.25, 0.3) is 0 Å². The Hall–Kier alpha value is -1.56. The van der Waals surface area contributed by atoms with Crippen LogP contribution in [0.3, 0.4) is 0 Å². The maximum atomic E-state index is 12.2. The second-order valence-electron chi connectivity index (χ2n) is 5.14. The van der Waals surface area contributed by atoms with Crippen LogP contribution in [0, 0.1) is 5.92 Å². The van der Waals surface area contributed by atoms with Gasteiger partial charge < -0.3 is 14.6 Å². The van der Waals surface area contributed by atoms with Crippen molar-refractivity contribution >= 4 is 12.1 Å². The van der Waals surface area contributed by atoms with Crippen molar-refractivity contribution in [3.05, 3.63) is 12.7 Å². The maximum absolute atomic E-state index is 12.2. The maximum Gasteiger partial charge on any atom is 0.411 e. The Labute approximate surface area is 119 Å². The van der Waals surface area contributed by atoms with Crippen LogP contribution in [-0.4, -0.2) is 54.0 Å². The largest absolute Gasteiger partial charge is 0.480 e. The lowest BCUT2D eigenvalue weighted by Gasteiger charge is -2.38. The highest BCUT2D eigenvalue weighted by Crippen LogP contribution is 2.22. The van der Waals surface area contributed by atoms with E-state index in [1.807, 2.05) is 0 Å². The molecule has 0 aromatic rings. The van der Waals surface area contributed by atoms with Crippen molar-refractivity contribution in [2.24, 2.45) is 5.92 Å². The van der Waals surface area contributed by atoms with Crippen molar-refractivity contribution in [3.63, 3.8) is 0 Å². The van der Waals surface area contributed by atoms with Gasteiger partial charge in [0.1, 0.15) is 12.6 Å². The third-order valence-corrected chi connectivity index (χ3v) is 3.30. The number of amides is 1. The lowest BCUT2D eigenvalue weighted by atomic mass is 9.98. The average molecular weight is 285 g/mol. The van der Waals surface area contributed by atoms with E-state index in [1.165, 1.54) is 11.0 Å². The summed E-state index contributed by atoms with van der Waals surface area (Å²) < 4.78 is 10.3. The van der Waals surface area contributed by atoms with E-state index in [0.29, 0.717) is 26.1 Å². The second kappa shape index (κ2) is 7.89. The fraction of sp³-hybridized carbons (Fsp3) is 0.714. The number of ether oxygens (including phenoxy) is 2. The molecule has 1 amide bonds. The second-order valence-corrected chi connectivity index (χ2v) is 5.14. The molecule has 0 saturated carbocycles. The molecule has 114 valence electrons. The Balaban J connectivity index is 2.94. The molecule has 1 atom stereocenters. The summed E-state index contributed by atoms with van der Waals surface area (Å²) in [6.07, 6.45) is 2.11. The lowest BCUT2D eigenvalue weighted by Crippen LogP contribution is -2.54. The van der Waals surface area contributed by atoms with Gasteiger partial charge >= 0.3 is 12.1 Å². The topological polar surface area (TPSA) is 76.1 Å². The van der Waals surface area contributed by atoms with Crippen molar-refractivity contribution in [3.8, 4) is 0 Å². The Morgan fingerprint density at radius 1 is 1.45 bits per heavy atom. The molecule has 0 aromatic carbocycles. The van der Waals surface area contributed by atoms with E-state index in [1.54, 1.807) is 13.8 Å². The minimum Gasteiger partial charge on any atom is -0.480 e. The number of rotatable bonds is 6. The van der Waals surface area contributed by atoms with Gasteiger partial charge in [0.05, 0.1) is 0 Å². The van der Waals surface area contributed by atoms with Crippen LogP contribution >= 0.6 is 0 Å². The third-order valence-electron chi connectivity index (χ3n) is 3.30. The predicted octanol–water partition coefficient (Wildman–Crippen LogP) is 1.90. The molecule has 0 bridgehead atoms. The Bertz CT molecular complexity index is 349. The van der Waals surface area contributed by atoms with Crippen molar-refractivity contribution in [2.75, 3.05) is 19.8 Å². The number of carbonyl (C=O) groups excluding carboxylic acids is 1. The SMILES string of the molecule is C=CCOC(=O)N(C1CCOCC1)C(C(=O)O)C(C)C. The molecule has 0 aliphatic carbocycles. The van der Waals surface area contributed by atoms with Gasteiger partial charge in [-0.05, 0) is 18.8 Å². The van der Waals surface area contributed by atoms with Crippen LogP contribution in [0.5, 0.6) is 0 Å². The molecule has 0 radical (unpaired) electrons. The first-order valence-electron chi connectivity index (χ1n) is 6.85. The van der Waals surface area contributed by atoms with Gasteiger partial charge in [0.15, 0.2) is 0 Å². The smallest absolute Gasteiger partial charge is 0.411 e. The molecule has 1 unspecified atom stereocenters. The van der Waals surface area contributed by atoms with Crippen molar-refractivity contribution in [2.45, 2.75) is 38.8 Å². The summed E-state index contributed by atoms with van der Waals surface area (Å²) in [4.78, 5) is 25.1. The molecule has 1 rings (SSSR count). The van der Waals surface area contributed by atoms with Crippen LogP contribution in [0.15, 0.2) is 12.7 Å². The zero-order valence-corrected chi connectivity index (χ0v) is 12.1. The molecule has 0 spiro atoms. The first-order valence-corrected chi connectivity index (χ1v) is 6.85. The standard InChI is InChI=1S/C14H23NO5/c1-4-7-20-14(18)15(11-5-8-19-9-6-11)12(10(2)3)13(16)17/h4,10-12H,1,5-9H2,2-3H3,(H,16,17). The van der Waals surface area contributed by atoms with Crippen LogP contribution in [0.2, 0.25) is 0 Å². The highest BCUT2D eigenvalue weighted by molar-refractivity contribution is 5.80. The van der Waals surface area contributed by atoms with E-state index >= 15 is 0 Å². The molecular formula is C14H23NO5. The summed E-state index contributed by atoms with van der Waals surface area (Å²) in [5, 5.41) is 9.42. The summed E-state index contributed by atoms with van der Waals surface area (Å²) >= 11 is 0. The first kappa shape index (κ1) is 16.5. The Morgan fingerprint density at radius 3 is 2.50 bits per heavy atom. The van der Waals surface area contributed by atoms with Crippen LogP contribution in [0.1, 0.15) is 26.7 Å². The van der Waals surface area contributed by atoms with Crippen LogP contribution in [0.4, 0.5) is 4.79 Å². The summed E-state index contributed by atoms with van der Waals surface area (Å²) in [5.74, 6) is -1.21. The zero-order valence-electron chi connectivity index (χ0n) is 12.1. The third kappa shape index (κ3) is 4.23. The fourth-order valence-electron chi connectivity index (χ4n) is 2.38. The molecule has 0 aromatic heterocycles. The fourth-order valence-corrected chi connectivity index (χ4v) is 2.38. The molecule has 1 fully saturated rings. The van der Waals surface area contributed by atoms with Gasteiger partial charge in [0, 0.05) is 19.3 Å². The number of carboxylic acids is 1. The van der Waals surface area contributed by atoms with Crippen LogP contribution in [-0.2, 0) is 14.3 Å². The molecule has 6 heteroatoms. The number of aliphatic carboxylic acids is 1. The monoisotopic (exact) mass is 285 g/mol. The lowest BCUT2D eigenvalue weighted by molar-refractivity contribution is -0.146. The highest BCUT2D eigenvalue weighted by atomic mass is 16.6.